The van der Waals surface area contributed by atoms with Crippen LogP contribution in [0.1, 0.15) is 12.6 Å². The summed E-state index contributed by atoms with van der Waals surface area (Å²) in [5.74, 6) is 0.208. The Bertz CT molecular complexity index is 374. The summed E-state index contributed by atoms with van der Waals surface area (Å²) < 4.78 is 0. The molecule has 1 aromatic rings. The van der Waals surface area contributed by atoms with E-state index in [2.05, 4.69) is 10.3 Å². The molecule has 1 unspecified atom stereocenters. The van der Waals surface area contributed by atoms with Crippen molar-refractivity contribution in [1.82, 2.24) is 10.3 Å². The van der Waals surface area contributed by atoms with Crippen LogP contribution in [0.2, 0.25) is 0 Å². The fraction of sp³-hybridized carbons (Fsp3) is 0.500. The molecule has 2 rings (SSSR count). The zero-order chi connectivity index (χ0) is 11.5. The Labute approximate surface area is 95.7 Å². The van der Waals surface area contributed by atoms with E-state index in [4.69, 9.17) is 0 Å². The monoisotopic (exact) mass is 219 g/mol. The summed E-state index contributed by atoms with van der Waals surface area (Å²) >= 11 is 0. The van der Waals surface area contributed by atoms with Crippen molar-refractivity contribution < 1.29 is 4.79 Å². The van der Waals surface area contributed by atoms with E-state index >= 15 is 0 Å². The first-order valence-electron chi connectivity index (χ1n) is 5.63. The summed E-state index contributed by atoms with van der Waals surface area (Å²) in [6.07, 6.45) is 1.77. The highest BCUT2D eigenvalue weighted by molar-refractivity contribution is 5.95. The van der Waals surface area contributed by atoms with Crippen LogP contribution in [0.3, 0.4) is 0 Å². The van der Waals surface area contributed by atoms with Crippen molar-refractivity contribution in [2.75, 3.05) is 24.5 Å². The van der Waals surface area contributed by atoms with Crippen molar-refractivity contribution in [2.45, 2.75) is 13.8 Å². The van der Waals surface area contributed by atoms with E-state index in [0.29, 0.717) is 6.54 Å². The molecule has 0 spiro atoms. The lowest BCUT2D eigenvalue weighted by Crippen LogP contribution is -2.35. The molecule has 0 aromatic carbocycles. The smallest absolute Gasteiger partial charge is 0.231 e. The van der Waals surface area contributed by atoms with Gasteiger partial charge in [0, 0.05) is 31.2 Å². The zero-order valence-corrected chi connectivity index (χ0v) is 9.73. The first-order valence-corrected chi connectivity index (χ1v) is 5.63. The van der Waals surface area contributed by atoms with Gasteiger partial charge in [-0.2, -0.15) is 0 Å². The van der Waals surface area contributed by atoms with Crippen LogP contribution in [0.4, 0.5) is 5.69 Å². The molecule has 86 valence electrons. The number of carbonyl (C=O) groups is 1. The lowest BCUT2D eigenvalue weighted by atomic mass is 10.1. The van der Waals surface area contributed by atoms with Crippen molar-refractivity contribution in [3.05, 3.63) is 24.0 Å². The third-order valence-corrected chi connectivity index (χ3v) is 2.86. The molecule has 4 heteroatoms. The standard InChI is InChI=1S/C12H17N3O/c1-9-7-13-5-6-15(12(9)16)11-4-3-10(2)14-8-11/h3-4,8-9,13H,5-7H2,1-2H3. The van der Waals surface area contributed by atoms with Gasteiger partial charge in [0.25, 0.3) is 0 Å². The summed E-state index contributed by atoms with van der Waals surface area (Å²) in [7, 11) is 0. The van der Waals surface area contributed by atoms with Crippen LogP contribution in [0.25, 0.3) is 0 Å². The largest absolute Gasteiger partial charge is 0.314 e. The molecule has 2 heterocycles. The van der Waals surface area contributed by atoms with Crippen LogP contribution in [0.5, 0.6) is 0 Å². The van der Waals surface area contributed by atoms with Crippen LogP contribution < -0.4 is 10.2 Å². The highest BCUT2D eigenvalue weighted by Crippen LogP contribution is 2.16. The summed E-state index contributed by atoms with van der Waals surface area (Å²) in [6.45, 7) is 6.21. The molecule has 1 aliphatic heterocycles. The van der Waals surface area contributed by atoms with Gasteiger partial charge in [-0.15, -0.1) is 0 Å². The summed E-state index contributed by atoms with van der Waals surface area (Å²) in [4.78, 5) is 18.1. The van der Waals surface area contributed by atoms with Crippen molar-refractivity contribution in [1.29, 1.82) is 0 Å². The molecular weight excluding hydrogens is 202 g/mol. The zero-order valence-electron chi connectivity index (χ0n) is 9.73. The lowest BCUT2D eigenvalue weighted by molar-refractivity contribution is -0.121. The van der Waals surface area contributed by atoms with Crippen molar-refractivity contribution >= 4 is 11.6 Å². The van der Waals surface area contributed by atoms with Gasteiger partial charge in [-0.05, 0) is 19.1 Å². The highest BCUT2D eigenvalue weighted by atomic mass is 16.2. The van der Waals surface area contributed by atoms with E-state index in [1.807, 2.05) is 30.9 Å². The van der Waals surface area contributed by atoms with E-state index < -0.39 is 0 Å². The van der Waals surface area contributed by atoms with Crippen LogP contribution in [0.15, 0.2) is 18.3 Å². The molecule has 0 bridgehead atoms. The van der Waals surface area contributed by atoms with Crippen LogP contribution in [0, 0.1) is 12.8 Å². The molecule has 0 saturated carbocycles. The van der Waals surface area contributed by atoms with Crippen molar-refractivity contribution in [3.63, 3.8) is 0 Å². The van der Waals surface area contributed by atoms with E-state index in [1.165, 1.54) is 0 Å². The second kappa shape index (κ2) is 4.61. The minimum atomic E-state index is 0.0313. The molecule has 1 atom stereocenters. The van der Waals surface area contributed by atoms with Crippen molar-refractivity contribution in [3.8, 4) is 0 Å². The average molecular weight is 219 g/mol. The maximum atomic E-state index is 12.1. The number of carbonyl (C=O) groups excluding carboxylic acids is 1. The predicted octanol–water partition coefficient (Wildman–Crippen LogP) is 0.962. The molecule has 1 aromatic heterocycles. The summed E-state index contributed by atoms with van der Waals surface area (Å²) in [5.41, 5.74) is 1.86. The number of nitrogens with one attached hydrogen (secondary N) is 1. The number of amides is 1. The number of nitrogens with zero attached hydrogens (tertiary/aromatic N) is 2. The Morgan fingerprint density at radius 2 is 2.31 bits per heavy atom. The first kappa shape index (κ1) is 11.1. The quantitative estimate of drug-likeness (QED) is 0.765. The van der Waals surface area contributed by atoms with Gasteiger partial charge >= 0.3 is 0 Å². The van der Waals surface area contributed by atoms with Gasteiger partial charge in [0.05, 0.1) is 11.9 Å². The predicted molar refractivity (Wildman–Crippen MR) is 63.4 cm³/mol. The number of aromatic nitrogens is 1. The molecule has 1 amide bonds. The number of rotatable bonds is 1. The fourth-order valence-electron chi connectivity index (χ4n) is 1.85. The number of aryl methyl sites for hydroxylation is 1. The molecule has 1 saturated heterocycles. The van der Waals surface area contributed by atoms with Gasteiger partial charge in [-0.3, -0.25) is 9.78 Å². The Morgan fingerprint density at radius 1 is 1.50 bits per heavy atom. The minimum absolute atomic E-state index is 0.0313. The Kier molecular flexibility index (Phi) is 3.19. The SMILES string of the molecule is Cc1ccc(N2CCNCC(C)C2=O)cn1. The third-order valence-electron chi connectivity index (χ3n) is 2.86. The van der Waals surface area contributed by atoms with E-state index in [-0.39, 0.29) is 11.8 Å². The van der Waals surface area contributed by atoms with Gasteiger partial charge in [0.2, 0.25) is 5.91 Å². The highest BCUT2D eigenvalue weighted by Gasteiger charge is 2.24. The van der Waals surface area contributed by atoms with E-state index in [1.54, 1.807) is 6.20 Å². The fourth-order valence-corrected chi connectivity index (χ4v) is 1.85. The molecule has 1 fully saturated rings. The van der Waals surface area contributed by atoms with Gasteiger partial charge in [-0.1, -0.05) is 6.92 Å². The topological polar surface area (TPSA) is 45.2 Å². The lowest BCUT2D eigenvalue weighted by Gasteiger charge is -2.22. The normalized spacial score (nSPS) is 22.0. The Balaban J connectivity index is 2.24. The van der Waals surface area contributed by atoms with E-state index in [0.717, 1.165) is 24.5 Å². The van der Waals surface area contributed by atoms with Crippen LogP contribution >= 0.6 is 0 Å². The number of hydrogen-bond acceptors (Lipinski definition) is 3. The molecular formula is C12H17N3O. The molecule has 1 aliphatic rings. The molecule has 0 radical (unpaired) electrons. The second-order valence-corrected chi connectivity index (χ2v) is 4.25. The number of pyridine rings is 1. The van der Waals surface area contributed by atoms with Gasteiger partial charge < -0.3 is 10.2 Å². The molecule has 16 heavy (non-hydrogen) atoms. The van der Waals surface area contributed by atoms with E-state index in [9.17, 15) is 4.79 Å². The van der Waals surface area contributed by atoms with Crippen LogP contribution in [-0.2, 0) is 4.79 Å². The number of anilines is 1. The van der Waals surface area contributed by atoms with Gasteiger partial charge in [0.15, 0.2) is 0 Å². The summed E-state index contributed by atoms with van der Waals surface area (Å²) in [6, 6.07) is 3.89. The maximum Gasteiger partial charge on any atom is 0.231 e. The van der Waals surface area contributed by atoms with Crippen molar-refractivity contribution in [2.24, 2.45) is 5.92 Å². The van der Waals surface area contributed by atoms with Gasteiger partial charge in [0.1, 0.15) is 0 Å². The van der Waals surface area contributed by atoms with Crippen LogP contribution in [-0.4, -0.2) is 30.5 Å². The maximum absolute atomic E-state index is 12.1. The molecule has 4 nitrogen and oxygen atoms in total. The second-order valence-electron chi connectivity index (χ2n) is 4.25. The van der Waals surface area contributed by atoms with Gasteiger partial charge in [-0.25, -0.2) is 0 Å². The first-order chi connectivity index (χ1) is 7.68. The Hall–Kier alpha value is -1.42. The summed E-state index contributed by atoms with van der Waals surface area (Å²) in [5, 5.41) is 3.26. The Morgan fingerprint density at radius 3 is 3.00 bits per heavy atom. The average Bonchev–Trinajstić information content (AvgIpc) is 2.44. The molecule has 0 aliphatic carbocycles. The minimum Gasteiger partial charge on any atom is -0.314 e. The number of hydrogen-bond donors (Lipinski definition) is 1. The molecule has 1 N–H and O–H groups in total. The third kappa shape index (κ3) is 2.22.